The van der Waals surface area contributed by atoms with Crippen LogP contribution in [0.15, 0.2) is 41.1 Å². The Hall–Kier alpha value is -0.640. The maximum Gasteiger partial charge on any atom is 0.0754 e. The molecule has 1 aromatic carbocycles. The number of alkyl halides is 1. The number of hydrogen-bond donors (Lipinski definition) is 0. The number of thiophene rings is 2. The molecule has 0 aliphatic carbocycles. The smallest absolute Gasteiger partial charge is 0.0754 e. The van der Waals surface area contributed by atoms with Gasteiger partial charge in [-0.2, -0.15) is 0 Å². The van der Waals surface area contributed by atoms with E-state index in [9.17, 15) is 0 Å². The Kier molecular flexibility index (Phi) is 3.55. The Labute approximate surface area is 123 Å². The molecule has 3 rings (SSSR count). The molecule has 3 aromatic rings. The summed E-state index contributed by atoms with van der Waals surface area (Å²) in [6.45, 7) is 2.22. The minimum atomic E-state index is 0.323. The van der Waals surface area contributed by atoms with Gasteiger partial charge in [-0.15, -0.1) is 22.7 Å². The van der Waals surface area contributed by atoms with Crippen molar-refractivity contribution < 1.29 is 0 Å². The third-order valence-electron chi connectivity index (χ3n) is 3.18. The third-order valence-corrected chi connectivity index (χ3v) is 6.44. The normalized spacial score (nSPS) is 13.0. The predicted octanol–water partition coefficient (Wildman–Crippen LogP) is 6.01. The van der Waals surface area contributed by atoms with Crippen LogP contribution in [-0.2, 0) is 6.42 Å². The lowest BCUT2D eigenvalue weighted by Gasteiger charge is -2.09. The predicted molar refractivity (Wildman–Crippen MR) is 86.3 cm³/mol. The van der Waals surface area contributed by atoms with Crippen molar-refractivity contribution in [1.29, 1.82) is 0 Å². The summed E-state index contributed by atoms with van der Waals surface area (Å²) in [6, 6.07) is 10.9. The van der Waals surface area contributed by atoms with Gasteiger partial charge in [0.2, 0.25) is 0 Å². The van der Waals surface area contributed by atoms with Crippen molar-refractivity contribution in [2.75, 3.05) is 0 Å². The number of benzene rings is 1. The SMILES string of the molecule is CCc1ccsc1C(Br)c1csc2ccccc12. The highest BCUT2D eigenvalue weighted by atomic mass is 79.9. The molecule has 0 fully saturated rings. The van der Waals surface area contributed by atoms with Gasteiger partial charge in [0.25, 0.3) is 0 Å². The average molecular weight is 337 g/mol. The van der Waals surface area contributed by atoms with E-state index in [4.69, 9.17) is 0 Å². The summed E-state index contributed by atoms with van der Waals surface area (Å²) in [4.78, 5) is 1.77. The summed E-state index contributed by atoms with van der Waals surface area (Å²) in [5, 5.41) is 5.85. The van der Waals surface area contributed by atoms with Crippen LogP contribution in [0, 0.1) is 0 Å². The van der Waals surface area contributed by atoms with Crippen molar-refractivity contribution in [2.24, 2.45) is 0 Å². The fourth-order valence-corrected chi connectivity index (χ4v) is 5.35. The second-order valence-corrected chi connectivity index (χ2v) is 6.99. The summed E-state index contributed by atoms with van der Waals surface area (Å²) in [5.74, 6) is 0. The molecule has 0 spiro atoms. The van der Waals surface area contributed by atoms with Crippen LogP contribution in [0.4, 0.5) is 0 Å². The van der Waals surface area contributed by atoms with Crippen LogP contribution in [0.1, 0.15) is 27.8 Å². The summed E-state index contributed by atoms with van der Waals surface area (Å²) < 4.78 is 1.37. The first-order valence-electron chi connectivity index (χ1n) is 5.97. The molecule has 0 aliphatic heterocycles. The van der Waals surface area contributed by atoms with E-state index in [1.165, 1.54) is 26.1 Å². The van der Waals surface area contributed by atoms with Crippen molar-refractivity contribution in [1.82, 2.24) is 0 Å². The second-order valence-electron chi connectivity index (χ2n) is 4.21. The molecule has 2 aromatic heterocycles. The molecule has 0 radical (unpaired) electrons. The number of halogens is 1. The van der Waals surface area contributed by atoms with Gasteiger partial charge in [0, 0.05) is 9.58 Å². The van der Waals surface area contributed by atoms with E-state index < -0.39 is 0 Å². The van der Waals surface area contributed by atoms with Gasteiger partial charge in [-0.25, -0.2) is 0 Å². The Bertz CT molecular complexity index is 666. The molecule has 0 nitrogen and oxygen atoms in total. The molecule has 92 valence electrons. The molecular formula is C15H13BrS2. The van der Waals surface area contributed by atoms with Crippen LogP contribution in [-0.4, -0.2) is 0 Å². The minimum absolute atomic E-state index is 0.323. The molecule has 0 bridgehead atoms. The lowest BCUT2D eigenvalue weighted by atomic mass is 10.1. The lowest BCUT2D eigenvalue weighted by Crippen LogP contribution is -1.92. The van der Waals surface area contributed by atoms with Crippen LogP contribution in [0.3, 0.4) is 0 Å². The van der Waals surface area contributed by atoms with Gasteiger partial charge in [0.1, 0.15) is 0 Å². The zero-order valence-corrected chi connectivity index (χ0v) is 13.2. The minimum Gasteiger partial charge on any atom is -0.147 e. The monoisotopic (exact) mass is 336 g/mol. The van der Waals surface area contributed by atoms with E-state index in [0.29, 0.717) is 4.83 Å². The lowest BCUT2D eigenvalue weighted by molar-refractivity contribution is 1.10. The fraction of sp³-hybridized carbons (Fsp3) is 0.200. The maximum atomic E-state index is 3.88. The van der Waals surface area contributed by atoms with Crippen LogP contribution in [0.5, 0.6) is 0 Å². The molecule has 0 saturated carbocycles. The van der Waals surface area contributed by atoms with Crippen LogP contribution >= 0.6 is 38.6 Å². The highest BCUT2D eigenvalue weighted by Crippen LogP contribution is 2.41. The number of rotatable bonds is 3. The van der Waals surface area contributed by atoms with E-state index in [2.05, 4.69) is 63.9 Å². The van der Waals surface area contributed by atoms with E-state index >= 15 is 0 Å². The summed E-state index contributed by atoms with van der Waals surface area (Å²) in [7, 11) is 0. The molecule has 0 N–H and O–H groups in total. The number of aryl methyl sites for hydroxylation is 1. The van der Waals surface area contributed by atoms with Crippen molar-refractivity contribution >= 4 is 48.7 Å². The van der Waals surface area contributed by atoms with E-state index in [1.807, 2.05) is 22.7 Å². The summed E-state index contributed by atoms with van der Waals surface area (Å²) >= 11 is 7.56. The number of fused-ring (bicyclic) bond motifs is 1. The van der Waals surface area contributed by atoms with Gasteiger partial charge in [-0.05, 0) is 45.8 Å². The summed E-state index contributed by atoms with van der Waals surface area (Å²) in [5.41, 5.74) is 2.85. The molecule has 0 saturated heterocycles. The van der Waals surface area contributed by atoms with Crippen molar-refractivity contribution in [3.63, 3.8) is 0 Å². The van der Waals surface area contributed by atoms with Gasteiger partial charge in [-0.1, -0.05) is 41.1 Å². The molecule has 0 amide bonds. The Morgan fingerprint density at radius 1 is 1.17 bits per heavy atom. The Balaban J connectivity index is 2.09. The summed E-state index contributed by atoms with van der Waals surface area (Å²) in [6.07, 6.45) is 1.10. The quantitative estimate of drug-likeness (QED) is 0.514. The van der Waals surface area contributed by atoms with Gasteiger partial charge in [0.05, 0.1) is 4.83 Å². The van der Waals surface area contributed by atoms with Crippen molar-refractivity contribution in [3.05, 3.63) is 57.1 Å². The Morgan fingerprint density at radius 3 is 2.83 bits per heavy atom. The molecular weight excluding hydrogens is 324 g/mol. The fourth-order valence-electron chi connectivity index (χ4n) is 2.20. The van der Waals surface area contributed by atoms with Gasteiger partial charge < -0.3 is 0 Å². The van der Waals surface area contributed by atoms with Gasteiger partial charge >= 0.3 is 0 Å². The molecule has 3 heteroatoms. The van der Waals surface area contributed by atoms with Crippen molar-refractivity contribution in [3.8, 4) is 0 Å². The largest absolute Gasteiger partial charge is 0.147 e. The molecule has 1 atom stereocenters. The van der Waals surface area contributed by atoms with Crippen LogP contribution in [0.25, 0.3) is 10.1 Å². The highest BCUT2D eigenvalue weighted by Gasteiger charge is 2.18. The first-order chi connectivity index (χ1) is 8.81. The average Bonchev–Trinajstić information content (AvgIpc) is 3.04. The first-order valence-corrected chi connectivity index (χ1v) is 8.65. The zero-order valence-electron chi connectivity index (χ0n) is 10.0. The van der Waals surface area contributed by atoms with E-state index in [0.717, 1.165) is 6.42 Å². The topological polar surface area (TPSA) is 0 Å². The molecule has 18 heavy (non-hydrogen) atoms. The maximum absolute atomic E-state index is 3.88. The van der Waals surface area contributed by atoms with Gasteiger partial charge in [0.15, 0.2) is 0 Å². The van der Waals surface area contributed by atoms with Crippen LogP contribution < -0.4 is 0 Å². The van der Waals surface area contributed by atoms with Crippen LogP contribution in [0.2, 0.25) is 0 Å². The first kappa shape index (κ1) is 12.4. The molecule has 2 heterocycles. The van der Waals surface area contributed by atoms with E-state index in [1.54, 1.807) is 0 Å². The molecule has 1 unspecified atom stereocenters. The molecule has 0 aliphatic rings. The second kappa shape index (κ2) is 5.16. The zero-order chi connectivity index (χ0) is 12.5. The standard InChI is InChI=1S/C15H13BrS2/c1-2-10-7-8-17-15(10)14(16)12-9-18-13-6-4-3-5-11(12)13/h3-9,14H,2H2,1H3. The highest BCUT2D eigenvalue weighted by molar-refractivity contribution is 9.09. The van der Waals surface area contributed by atoms with Crippen molar-refractivity contribution in [2.45, 2.75) is 18.2 Å². The number of hydrogen-bond acceptors (Lipinski definition) is 2. The third kappa shape index (κ3) is 2.04. The Morgan fingerprint density at radius 2 is 2.00 bits per heavy atom. The van der Waals surface area contributed by atoms with E-state index in [-0.39, 0.29) is 0 Å². The van der Waals surface area contributed by atoms with Gasteiger partial charge in [-0.3, -0.25) is 0 Å².